The van der Waals surface area contributed by atoms with Gasteiger partial charge in [0.25, 0.3) is 0 Å². The summed E-state index contributed by atoms with van der Waals surface area (Å²) in [7, 11) is 0. The SMILES string of the molecule is CC(C)C[C@H](N)[C@@H](O)CC(=O)CC(C)Cc1ccccc1. The van der Waals surface area contributed by atoms with Crippen LogP contribution in [0.2, 0.25) is 0 Å². The van der Waals surface area contributed by atoms with Gasteiger partial charge in [0.05, 0.1) is 6.10 Å². The minimum Gasteiger partial charge on any atom is -0.391 e. The molecule has 0 aliphatic heterocycles. The monoisotopic (exact) mass is 291 g/mol. The van der Waals surface area contributed by atoms with E-state index in [1.54, 1.807) is 0 Å². The standard InChI is InChI=1S/C18H29NO2/c1-13(2)9-17(19)18(21)12-16(20)11-14(3)10-15-7-5-4-6-8-15/h4-8,13-14,17-18,21H,9-12,19H2,1-3H3/t14?,17-,18-/m0/s1. The van der Waals surface area contributed by atoms with Crippen LogP contribution >= 0.6 is 0 Å². The quantitative estimate of drug-likeness (QED) is 0.735. The van der Waals surface area contributed by atoms with Gasteiger partial charge in [-0.25, -0.2) is 0 Å². The zero-order valence-electron chi connectivity index (χ0n) is 13.5. The minimum absolute atomic E-state index is 0.102. The highest BCUT2D eigenvalue weighted by atomic mass is 16.3. The van der Waals surface area contributed by atoms with Gasteiger partial charge in [0.15, 0.2) is 0 Å². The topological polar surface area (TPSA) is 63.3 Å². The second-order valence-corrected chi connectivity index (χ2v) is 6.60. The Morgan fingerprint density at radius 2 is 1.76 bits per heavy atom. The van der Waals surface area contributed by atoms with Crippen molar-refractivity contribution in [1.29, 1.82) is 0 Å². The lowest BCUT2D eigenvalue weighted by Crippen LogP contribution is -2.37. The molecule has 0 bridgehead atoms. The van der Waals surface area contributed by atoms with Crippen LogP contribution in [0.3, 0.4) is 0 Å². The molecule has 0 spiro atoms. The third-order valence-corrected chi connectivity index (χ3v) is 3.68. The van der Waals surface area contributed by atoms with E-state index in [-0.39, 0.29) is 24.2 Å². The van der Waals surface area contributed by atoms with E-state index in [1.807, 2.05) is 18.2 Å². The van der Waals surface area contributed by atoms with Crippen LogP contribution in [0.5, 0.6) is 0 Å². The number of hydrogen-bond acceptors (Lipinski definition) is 3. The number of benzene rings is 1. The smallest absolute Gasteiger partial charge is 0.135 e. The van der Waals surface area contributed by atoms with Gasteiger partial charge in [0.2, 0.25) is 0 Å². The number of rotatable bonds is 9. The molecule has 0 radical (unpaired) electrons. The first-order valence-electron chi connectivity index (χ1n) is 7.87. The van der Waals surface area contributed by atoms with E-state index in [2.05, 4.69) is 32.9 Å². The molecule has 0 fully saturated rings. The second-order valence-electron chi connectivity index (χ2n) is 6.60. The Kier molecular flexibility index (Phi) is 7.62. The lowest BCUT2D eigenvalue weighted by Gasteiger charge is -2.20. The number of Topliss-reactive ketones (excluding diaryl/α,β-unsaturated/α-hetero) is 1. The molecule has 0 aliphatic carbocycles. The maximum Gasteiger partial charge on any atom is 0.135 e. The molecule has 0 saturated carbocycles. The molecule has 0 aromatic heterocycles. The van der Waals surface area contributed by atoms with Crippen molar-refractivity contribution in [1.82, 2.24) is 0 Å². The van der Waals surface area contributed by atoms with Crippen molar-refractivity contribution in [2.75, 3.05) is 0 Å². The molecule has 118 valence electrons. The lowest BCUT2D eigenvalue weighted by molar-refractivity contribution is -0.122. The molecule has 0 amide bonds. The molecule has 1 aromatic carbocycles. The summed E-state index contributed by atoms with van der Waals surface area (Å²) in [4.78, 5) is 12.0. The van der Waals surface area contributed by atoms with Gasteiger partial charge in [0, 0.05) is 18.9 Å². The molecule has 3 heteroatoms. The summed E-state index contributed by atoms with van der Waals surface area (Å²) in [6, 6.07) is 9.87. The fraction of sp³-hybridized carbons (Fsp3) is 0.611. The predicted octanol–water partition coefficient (Wildman–Crippen LogP) is 2.95. The maximum absolute atomic E-state index is 12.0. The van der Waals surface area contributed by atoms with Crippen LogP contribution in [-0.2, 0) is 11.2 Å². The molecule has 3 nitrogen and oxygen atoms in total. The first-order chi connectivity index (χ1) is 9.88. The van der Waals surface area contributed by atoms with Crippen LogP contribution in [0, 0.1) is 11.8 Å². The summed E-state index contributed by atoms with van der Waals surface area (Å²) in [5, 5.41) is 9.99. The number of nitrogens with two attached hydrogens (primary N) is 1. The zero-order valence-corrected chi connectivity index (χ0v) is 13.5. The van der Waals surface area contributed by atoms with Crippen LogP contribution in [-0.4, -0.2) is 23.0 Å². The van der Waals surface area contributed by atoms with E-state index in [0.717, 1.165) is 12.8 Å². The van der Waals surface area contributed by atoms with Crippen LogP contribution < -0.4 is 5.73 Å². The molecule has 0 heterocycles. The summed E-state index contributed by atoms with van der Waals surface area (Å²) < 4.78 is 0. The molecular formula is C18H29NO2. The Bertz CT molecular complexity index is 416. The summed E-state index contributed by atoms with van der Waals surface area (Å²) in [5.74, 6) is 0.820. The lowest BCUT2D eigenvalue weighted by atomic mass is 9.92. The Morgan fingerprint density at radius 1 is 1.14 bits per heavy atom. The average Bonchev–Trinajstić information content (AvgIpc) is 2.38. The van der Waals surface area contributed by atoms with Gasteiger partial charge in [0.1, 0.15) is 5.78 Å². The van der Waals surface area contributed by atoms with Crippen LogP contribution in [0.15, 0.2) is 30.3 Å². The molecule has 3 atom stereocenters. The molecule has 0 aliphatic rings. The number of carbonyl (C=O) groups is 1. The largest absolute Gasteiger partial charge is 0.391 e. The summed E-state index contributed by atoms with van der Waals surface area (Å²) in [6.45, 7) is 6.21. The van der Waals surface area contributed by atoms with Crippen molar-refractivity contribution >= 4 is 5.78 Å². The Balaban J connectivity index is 2.35. The van der Waals surface area contributed by atoms with Gasteiger partial charge < -0.3 is 10.8 Å². The van der Waals surface area contributed by atoms with Crippen molar-refractivity contribution in [3.63, 3.8) is 0 Å². The third kappa shape index (κ3) is 7.39. The van der Waals surface area contributed by atoms with Crippen molar-refractivity contribution in [3.05, 3.63) is 35.9 Å². The molecule has 1 rings (SSSR count). The van der Waals surface area contributed by atoms with Gasteiger partial charge in [-0.2, -0.15) is 0 Å². The maximum atomic E-state index is 12.0. The van der Waals surface area contributed by atoms with E-state index in [0.29, 0.717) is 12.3 Å². The number of carbonyl (C=O) groups excluding carboxylic acids is 1. The molecular weight excluding hydrogens is 262 g/mol. The number of aliphatic hydroxyl groups is 1. The molecule has 3 N–H and O–H groups in total. The molecule has 1 unspecified atom stereocenters. The number of aliphatic hydroxyl groups excluding tert-OH is 1. The van der Waals surface area contributed by atoms with Crippen molar-refractivity contribution < 1.29 is 9.90 Å². The molecule has 0 saturated heterocycles. The molecule has 21 heavy (non-hydrogen) atoms. The first-order valence-corrected chi connectivity index (χ1v) is 7.87. The van der Waals surface area contributed by atoms with E-state index in [4.69, 9.17) is 5.73 Å². The first kappa shape index (κ1) is 17.9. The van der Waals surface area contributed by atoms with E-state index >= 15 is 0 Å². The van der Waals surface area contributed by atoms with E-state index in [9.17, 15) is 9.90 Å². The molecule has 1 aromatic rings. The second kappa shape index (κ2) is 8.96. The summed E-state index contributed by atoms with van der Waals surface area (Å²) >= 11 is 0. The van der Waals surface area contributed by atoms with Crippen molar-refractivity contribution in [3.8, 4) is 0 Å². The highest BCUT2D eigenvalue weighted by Gasteiger charge is 2.20. The number of ketones is 1. The fourth-order valence-electron chi connectivity index (χ4n) is 2.65. The van der Waals surface area contributed by atoms with Gasteiger partial charge >= 0.3 is 0 Å². The van der Waals surface area contributed by atoms with Gasteiger partial charge in [-0.15, -0.1) is 0 Å². The normalized spacial score (nSPS) is 15.7. The summed E-state index contributed by atoms with van der Waals surface area (Å²) in [6.07, 6.45) is 1.59. The van der Waals surface area contributed by atoms with Crippen molar-refractivity contribution in [2.45, 2.75) is 58.6 Å². The Hall–Kier alpha value is -1.19. The van der Waals surface area contributed by atoms with Crippen molar-refractivity contribution in [2.24, 2.45) is 17.6 Å². The number of hydrogen-bond donors (Lipinski definition) is 2. The summed E-state index contributed by atoms with van der Waals surface area (Å²) in [5.41, 5.74) is 7.16. The van der Waals surface area contributed by atoms with E-state index < -0.39 is 6.10 Å². The van der Waals surface area contributed by atoms with E-state index in [1.165, 1.54) is 5.56 Å². The fourth-order valence-corrected chi connectivity index (χ4v) is 2.65. The minimum atomic E-state index is -0.719. The van der Waals surface area contributed by atoms with Crippen LogP contribution in [0.1, 0.15) is 45.6 Å². The highest BCUT2D eigenvalue weighted by molar-refractivity contribution is 5.79. The van der Waals surface area contributed by atoms with Crippen LogP contribution in [0.4, 0.5) is 0 Å². The van der Waals surface area contributed by atoms with Gasteiger partial charge in [-0.1, -0.05) is 51.1 Å². The Morgan fingerprint density at radius 3 is 2.33 bits per heavy atom. The zero-order chi connectivity index (χ0) is 15.8. The predicted molar refractivity (Wildman–Crippen MR) is 87.0 cm³/mol. The third-order valence-electron chi connectivity index (χ3n) is 3.68. The highest BCUT2D eigenvalue weighted by Crippen LogP contribution is 2.15. The Labute approximate surface area is 128 Å². The average molecular weight is 291 g/mol. The van der Waals surface area contributed by atoms with Gasteiger partial charge in [-0.05, 0) is 30.2 Å². The van der Waals surface area contributed by atoms with Gasteiger partial charge in [-0.3, -0.25) is 4.79 Å². The van der Waals surface area contributed by atoms with Crippen LogP contribution in [0.25, 0.3) is 0 Å².